The summed E-state index contributed by atoms with van der Waals surface area (Å²) in [5, 5.41) is 2.93. The molecule has 7 nitrogen and oxygen atoms in total. The molecular formula is C20H30N4O3. The molecule has 148 valence electrons. The smallest absolute Gasteiger partial charge is 0.250 e. The molecule has 0 unspecified atom stereocenters. The first-order valence-corrected chi connectivity index (χ1v) is 9.89. The second-order valence-electron chi connectivity index (χ2n) is 7.53. The van der Waals surface area contributed by atoms with E-state index in [2.05, 4.69) is 10.2 Å². The van der Waals surface area contributed by atoms with Crippen LogP contribution in [0.15, 0.2) is 12.1 Å². The first-order valence-electron chi connectivity index (χ1n) is 9.89. The van der Waals surface area contributed by atoms with Gasteiger partial charge in [-0.05, 0) is 62.9 Å². The Balaban J connectivity index is 1.58. The summed E-state index contributed by atoms with van der Waals surface area (Å²) in [6.07, 6.45) is 6.94. The van der Waals surface area contributed by atoms with E-state index in [1.807, 2.05) is 0 Å². The summed E-state index contributed by atoms with van der Waals surface area (Å²) in [5.74, 6) is -0.178. The van der Waals surface area contributed by atoms with Crippen LogP contribution in [0.5, 0.6) is 5.75 Å². The lowest BCUT2D eigenvalue weighted by molar-refractivity contribution is -0.120. The largest absolute Gasteiger partial charge is 0.494 e. The van der Waals surface area contributed by atoms with Gasteiger partial charge in [-0.15, -0.1) is 0 Å². The lowest BCUT2D eigenvalue weighted by Gasteiger charge is -2.26. The van der Waals surface area contributed by atoms with Crippen molar-refractivity contribution in [1.29, 1.82) is 0 Å². The van der Waals surface area contributed by atoms with Crippen LogP contribution in [0.4, 0.5) is 5.69 Å². The lowest BCUT2D eigenvalue weighted by atomic mass is 10.0. The van der Waals surface area contributed by atoms with E-state index >= 15 is 0 Å². The molecule has 7 heteroatoms. The van der Waals surface area contributed by atoms with Gasteiger partial charge in [0.25, 0.3) is 5.91 Å². The molecule has 2 aliphatic rings. The molecule has 0 bridgehead atoms. The minimum Gasteiger partial charge on any atom is -0.494 e. The van der Waals surface area contributed by atoms with Crippen LogP contribution >= 0.6 is 0 Å². The van der Waals surface area contributed by atoms with Crippen LogP contribution in [0.25, 0.3) is 0 Å². The highest BCUT2D eigenvalue weighted by atomic mass is 16.5. The molecule has 1 aliphatic heterocycles. The van der Waals surface area contributed by atoms with E-state index in [9.17, 15) is 9.59 Å². The summed E-state index contributed by atoms with van der Waals surface area (Å²) < 4.78 is 5.84. The Morgan fingerprint density at radius 1 is 1.19 bits per heavy atom. The summed E-state index contributed by atoms with van der Waals surface area (Å²) in [6, 6.07) is 3.60. The van der Waals surface area contributed by atoms with Crippen LogP contribution in [-0.2, 0) is 11.2 Å². The highest BCUT2D eigenvalue weighted by molar-refractivity contribution is 5.99. The number of nitrogens with zero attached hydrogens (tertiary/aromatic N) is 1. The highest BCUT2D eigenvalue weighted by Gasteiger charge is 2.24. The maximum Gasteiger partial charge on any atom is 0.250 e. The Bertz CT molecular complexity index is 682. The van der Waals surface area contributed by atoms with Crippen molar-refractivity contribution in [3.63, 3.8) is 0 Å². The van der Waals surface area contributed by atoms with Crippen molar-refractivity contribution < 1.29 is 14.3 Å². The number of piperidine rings is 1. The molecule has 1 saturated carbocycles. The molecule has 1 saturated heterocycles. The molecule has 3 rings (SSSR count). The number of rotatable bonds is 9. The zero-order valence-electron chi connectivity index (χ0n) is 15.8. The van der Waals surface area contributed by atoms with Gasteiger partial charge in [-0.1, -0.05) is 6.42 Å². The van der Waals surface area contributed by atoms with Gasteiger partial charge in [-0.3, -0.25) is 9.59 Å². The Morgan fingerprint density at radius 3 is 2.59 bits per heavy atom. The number of hydrogen-bond donors (Lipinski definition) is 3. The topological polar surface area (TPSA) is 111 Å². The molecule has 1 heterocycles. The third-order valence-electron chi connectivity index (χ3n) is 5.13. The van der Waals surface area contributed by atoms with Gasteiger partial charge in [0.05, 0.1) is 18.6 Å². The van der Waals surface area contributed by atoms with Gasteiger partial charge >= 0.3 is 0 Å². The fraction of sp³-hybridized carbons (Fsp3) is 0.600. The van der Waals surface area contributed by atoms with Crippen LogP contribution in [-0.4, -0.2) is 49.0 Å². The molecule has 0 atom stereocenters. The summed E-state index contributed by atoms with van der Waals surface area (Å²) in [4.78, 5) is 26.3. The van der Waals surface area contributed by atoms with E-state index in [1.54, 1.807) is 12.1 Å². The van der Waals surface area contributed by atoms with Gasteiger partial charge in [-0.25, -0.2) is 0 Å². The second-order valence-corrected chi connectivity index (χ2v) is 7.53. The Kier molecular flexibility index (Phi) is 6.55. The number of nitrogens with two attached hydrogens (primary N) is 2. The molecule has 2 fully saturated rings. The van der Waals surface area contributed by atoms with Crippen LogP contribution in [0, 0.1) is 0 Å². The Hall–Kier alpha value is -2.28. The van der Waals surface area contributed by atoms with Crippen LogP contribution in [0.2, 0.25) is 0 Å². The summed E-state index contributed by atoms with van der Waals surface area (Å²) in [6.45, 7) is 3.88. The van der Waals surface area contributed by atoms with Crippen molar-refractivity contribution in [3.05, 3.63) is 23.3 Å². The van der Waals surface area contributed by atoms with Gasteiger partial charge in [0.1, 0.15) is 5.75 Å². The number of benzene rings is 1. The lowest BCUT2D eigenvalue weighted by Crippen LogP contribution is -2.31. The third-order valence-corrected chi connectivity index (χ3v) is 5.13. The van der Waals surface area contributed by atoms with E-state index in [0.29, 0.717) is 17.9 Å². The van der Waals surface area contributed by atoms with Crippen molar-refractivity contribution >= 4 is 17.5 Å². The number of nitrogen functional groups attached to an aromatic ring is 1. The first kappa shape index (κ1) is 19.5. The fourth-order valence-electron chi connectivity index (χ4n) is 3.46. The molecule has 1 aromatic carbocycles. The van der Waals surface area contributed by atoms with Gasteiger partial charge in [0.2, 0.25) is 5.91 Å². The quantitative estimate of drug-likeness (QED) is 0.447. The van der Waals surface area contributed by atoms with Crippen LogP contribution in [0.3, 0.4) is 0 Å². The van der Waals surface area contributed by atoms with Gasteiger partial charge in [-0.2, -0.15) is 0 Å². The van der Waals surface area contributed by atoms with Gasteiger partial charge < -0.3 is 26.4 Å². The zero-order chi connectivity index (χ0) is 19.2. The molecular weight excluding hydrogens is 344 g/mol. The maximum atomic E-state index is 12.1. The zero-order valence-corrected chi connectivity index (χ0v) is 15.8. The number of carbonyl (C=O) groups is 2. The molecule has 2 amide bonds. The molecule has 1 aromatic rings. The average molecular weight is 374 g/mol. The van der Waals surface area contributed by atoms with Crippen molar-refractivity contribution in [1.82, 2.24) is 10.2 Å². The summed E-state index contributed by atoms with van der Waals surface area (Å²) >= 11 is 0. The first-order chi connectivity index (χ1) is 13.0. The normalized spacial score (nSPS) is 17.5. The molecule has 5 N–H and O–H groups in total. The molecule has 27 heavy (non-hydrogen) atoms. The van der Waals surface area contributed by atoms with E-state index in [0.717, 1.165) is 38.9 Å². The van der Waals surface area contributed by atoms with E-state index < -0.39 is 5.91 Å². The summed E-state index contributed by atoms with van der Waals surface area (Å²) in [5.41, 5.74) is 12.5. The van der Waals surface area contributed by atoms with Crippen molar-refractivity contribution in [2.24, 2.45) is 5.73 Å². The number of carbonyl (C=O) groups excluding carboxylic acids is 2. The standard InChI is InChI=1S/C20H30N4O3/c21-19-14(12-18(25)23-15-5-6-15)11-16(13-17(19)20(22)26)27-10-4-9-24-7-2-1-3-8-24/h11,13,15H,1-10,12,21H2,(H2,22,26)(H,23,25). The molecule has 1 aliphatic carbocycles. The van der Waals surface area contributed by atoms with Gasteiger partial charge in [0, 0.05) is 18.3 Å². The minimum atomic E-state index is -0.616. The molecule has 0 radical (unpaired) electrons. The van der Waals surface area contributed by atoms with Crippen LogP contribution < -0.4 is 21.5 Å². The minimum absolute atomic E-state index is 0.0955. The number of primary amides is 1. The number of anilines is 1. The van der Waals surface area contributed by atoms with Crippen molar-refractivity contribution in [2.45, 2.75) is 51.0 Å². The molecule has 0 aromatic heterocycles. The molecule has 0 spiro atoms. The van der Waals surface area contributed by atoms with Crippen LogP contribution in [0.1, 0.15) is 54.4 Å². The second kappa shape index (κ2) is 9.08. The number of amides is 2. The Morgan fingerprint density at radius 2 is 1.93 bits per heavy atom. The predicted molar refractivity (Wildman–Crippen MR) is 105 cm³/mol. The predicted octanol–water partition coefficient (Wildman–Crippen LogP) is 1.44. The van der Waals surface area contributed by atoms with E-state index in [4.69, 9.17) is 16.2 Å². The fourth-order valence-corrected chi connectivity index (χ4v) is 3.46. The third kappa shape index (κ3) is 5.85. The summed E-state index contributed by atoms with van der Waals surface area (Å²) in [7, 11) is 0. The number of nitrogens with one attached hydrogen (secondary N) is 1. The van der Waals surface area contributed by atoms with Crippen molar-refractivity contribution in [3.8, 4) is 5.75 Å². The van der Waals surface area contributed by atoms with E-state index in [-0.39, 0.29) is 29.6 Å². The Labute approximate surface area is 160 Å². The highest BCUT2D eigenvalue weighted by Crippen LogP contribution is 2.26. The number of hydrogen-bond acceptors (Lipinski definition) is 5. The number of likely N-dealkylation sites (tertiary alicyclic amines) is 1. The number of ether oxygens (including phenoxy) is 1. The average Bonchev–Trinajstić information content (AvgIpc) is 3.45. The van der Waals surface area contributed by atoms with Crippen molar-refractivity contribution in [2.75, 3.05) is 32.0 Å². The SMILES string of the molecule is NC(=O)c1cc(OCCCN2CCCCC2)cc(CC(=O)NC2CC2)c1N. The van der Waals surface area contributed by atoms with E-state index in [1.165, 1.54) is 19.3 Å². The van der Waals surface area contributed by atoms with Gasteiger partial charge in [0.15, 0.2) is 0 Å². The monoisotopic (exact) mass is 374 g/mol. The maximum absolute atomic E-state index is 12.1.